The lowest BCUT2D eigenvalue weighted by Gasteiger charge is -2.08. The fourth-order valence-electron chi connectivity index (χ4n) is 1.52. The Morgan fingerprint density at radius 3 is 2.78 bits per heavy atom. The molecule has 0 atom stereocenters. The average molecular weight is 249 g/mol. The quantitative estimate of drug-likeness (QED) is 0.706. The monoisotopic (exact) mass is 249 g/mol. The van der Waals surface area contributed by atoms with Crippen LogP contribution in [0.3, 0.4) is 0 Å². The minimum absolute atomic E-state index is 0.00608. The minimum Gasteiger partial charge on any atom is -0.398 e. The molecule has 1 aromatic carbocycles. The summed E-state index contributed by atoms with van der Waals surface area (Å²) in [6.45, 7) is 0. The van der Waals surface area contributed by atoms with Crippen molar-refractivity contribution in [3.8, 4) is 0 Å². The van der Waals surface area contributed by atoms with Crippen LogP contribution in [-0.2, 0) is 7.05 Å². The number of primary amides is 1. The van der Waals surface area contributed by atoms with Crippen LogP contribution < -0.4 is 16.8 Å². The molecule has 2 aromatic rings. The molecule has 1 aromatic heterocycles. The molecule has 0 spiro atoms. The zero-order chi connectivity index (χ0) is 13.3. The lowest BCUT2D eigenvalue weighted by molar-refractivity contribution is 0.100. The molecule has 6 nitrogen and oxygen atoms in total. The molecule has 1 amide bonds. The van der Waals surface area contributed by atoms with Crippen LogP contribution in [0.1, 0.15) is 10.4 Å². The maximum Gasteiger partial charge on any atom is 0.250 e. The van der Waals surface area contributed by atoms with Crippen molar-refractivity contribution in [2.75, 3.05) is 11.1 Å². The highest BCUT2D eigenvalue weighted by Gasteiger charge is 2.12. The Labute approximate surface area is 102 Å². The Kier molecular flexibility index (Phi) is 2.88. The predicted molar refractivity (Wildman–Crippen MR) is 65.8 cm³/mol. The van der Waals surface area contributed by atoms with E-state index in [1.807, 2.05) is 0 Å². The largest absolute Gasteiger partial charge is 0.398 e. The number of amides is 1. The topological polar surface area (TPSA) is 99.0 Å². The van der Waals surface area contributed by atoms with E-state index in [-0.39, 0.29) is 16.9 Å². The fourth-order valence-corrected chi connectivity index (χ4v) is 1.52. The van der Waals surface area contributed by atoms with Crippen molar-refractivity contribution in [1.82, 2.24) is 9.78 Å². The SMILES string of the molecule is Cn1ccc(Nc2cc(C(N)=O)c(N)cc2F)n1. The molecule has 1 heterocycles. The Balaban J connectivity index is 2.38. The van der Waals surface area contributed by atoms with Gasteiger partial charge in [-0.3, -0.25) is 9.48 Å². The molecule has 0 aliphatic heterocycles. The molecule has 0 fully saturated rings. The molecule has 0 saturated heterocycles. The number of anilines is 3. The summed E-state index contributed by atoms with van der Waals surface area (Å²) in [5.41, 5.74) is 10.8. The number of hydrogen-bond donors (Lipinski definition) is 3. The van der Waals surface area contributed by atoms with Gasteiger partial charge in [0, 0.05) is 25.0 Å². The number of benzene rings is 1. The van der Waals surface area contributed by atoms with E-state index in [1.54, 1.807) is 24.0 Å². The van der Waals surface area contributed by atoms with Crippen LogP contribution in [0, 0.1) is 5.82 Å². The zero-order valence-electron chi connectivity index (χ0n) is 9.64. The number of aromatic nitrogens is 2. The second-order valence-electron chi connectivity index (χ2n) is 3.78. The van der Waals surface area contributed by atoms with Crippen LogP contribution in [0.25, 0.3) is 0 Å². The number of rotatable bonds is 3. The van der Waals surface area contributed by atoms with Crippen molar-refractivity contribution in [2.45, 2.75) is 0 Å². The van der Waals surface area contributed by atoms with E-state index >= 15 is 0 Å². The second kappa shape index (κ2) is 4.36. The van der Waals surface area contributed by atoms with Gasteiger partial charge in [0.25, 0.3) is 5.91 Å². The third-order valence-corrected chi connectivity index (χ3v) is 2.38. The van der Waals surface area contributed by atoms with E-state index in [9.17, 15) is 9.18 Å². The van der Waals surface area contributed by atoms with Gasteiger partial charge in [0.15, 0.2) is 5.82 Å². The van der Waals surface area contributed by atoms with Crippen molar-refractivity contribution in [3.63, 3.8) is 0 Å². The molecule has 0 aliphatic carbocycles. The third kappa shape index (κ3) is 2.24. The van der Waals surface area contributed by atoms with Crippen LogP contribution in [0.4, 0.5) is 21.6 Å². The van der Waals surface area contributed by atoms with Crippen LogP contribution in [-0.4, -0.2) is 15.7 Å². The maximum absolute atomic E-state index is 13.7. The number of nitrogens with one attached hydrogen (secondary N) is 1. The Morgan fingerprint density at radius 1 is 1.50 bits per heavy atom. The summed E-state index contributed by atoms with van der Waals surface area (Å²) in [6, 6.07) is 3.98. The van der Waals surface area contributed by atoms with Gasteiger partial charge in [0.2, 0.25) is 0 Å². The third-order valence-electron chi connectivity index (χ3n) is 2.38. The second-order valence-corrected chi connectivity index (χ2v) is 3.78. The van der Waals surface area contributed by atoms with Crippen molar-refractivity contribution < 1.29 is 9.18 Å². The lowest BCUT2D eigenvalue weighted by Crippen LogP contribution is -2.14. The van der Waals surface area contributed by atoms with E-state index in [0.717, 1.165) is 6.07 Å². The minimum atomic E-state index is -0.712. The number of nitrogens with zero attached hydrogens (tertiary/aromatic N) is 2. The summed E-state index contributed by atoms with van der Waals surface area (Å²) in [4.78, 5) is 11.1. The van der Waals surface area contributed by atoms with E-state index in [0.29, 0.717) is 5.82 Å². The van der Waals surface area contributed by atoms with E-state index < -0.39 is 11.7 Å². The van der Waals surface area contributed by atoms with Gasteiger partial charge in [-0.2, -0.15) is 5.10 Å². The molecule has 94 valence electrons. The standard InChI is InChI=1S/C11H12FN5O/c1-17-3-2-10(16-17)15-9-4-6(11(14)18)8(13)5-7(9)12/h2-5H,13H2,1H3,(H2,14,18)(H,15,16). The summed E-state index contributed by atoms with van der Waals surface area (Å²) >= 11 is 0. The first kappa shape index (κ1) is 11.9. The number of hydrogen-bond acceptors (Lipinski definition) is 4. The number of nitrogen functional groups attached to an aromatic ring is 1. The van der Waals surface area contributed by atoms with Gasteiger partial charge in [-0.1, -0.05) is 0 Å². The van der Waals surface area contributed by atoms with Crippen molar-refractivity contribution in [2.24, 2.45) is 12.8 Å². The number of nitrogens with two attached hydrogens (primary N) is 2. The van der Waals surface area contributed by atoms with E-state index in [2.05, 4.69) is 10.4 Å². The maximum atomic E-state index is 13.7. The summed E-state index contributed by atoms with van der Waals surface area (Å²) in [5.74, 6) is -0.837. The van der Waals surface area contributed by atoms with Gasteiger partial charge < -0.3 is 16.8 Å². The lowest BCUT2D eigenvalue weighted by atomic mass is 10.1. The van der Waals surface area contributed by atoms with Gasteiger partial charge in [0.05, 0.1) is 11.3 Å². The molecule has 7 heteroatoms. The van der Waals surface area contributed by atoms with Crippen LogP contribution in [0.15, 0.2) is 24.4 Å². The number of carbonyl (C=O) groups excluding carboxylic acids is 1. The molecule has 0 unspecified atom stereocenters. The molecule has 18 heavy (non-hydrogen) atoms. The van der Waals surface area contributed by atoms with Crippen molar-refractivity contribution in [1.29, 1.82) is 0 Å². The van der Waals surface area contributed by atoms with Crippen LogP contribution in [0.5, 0.6) is 0 Å². The first-order valence-corrected chi connectivity index (χ1v) is 5.13. The first-order valence-electron chi connectivity index (χ1n) is 5.13. The number of aryl methyl sites for hydroxylation is 1. The summed E-state index contributed by atoms with van der Waals surface area (Å²) in [5, 5.41) is 6.78. The van der Waals surface area contributed by atoms with Gasteiger partial charge in [-0.15, -0.1) is 0 Å². The molecule has 2 rings (SSSR count). The predicted octanol–water partition coefficient (Wildman–Crippen LogP) is 0.984. The highest BCUT2D eigenvalue weighted by molar-refractivity contribution is 5.99. The average Bonchev–Trinajstić information content (AvgIpc) is 2.67. The smallest absolute Gasteiger partial charge is 0.250 e. The molecule has 5 N–H and O–H groups in total. The first-order chi connectivity index (χ1) is 8.47. The van der Waals surface area contributed by atoms with Gasteiger partial charge >= 0.3 is 0 Å². The number of carbonyl (C=O) groups is 1. The highest BCUT2D eigenvalue weighted by Crippen LogP contribution is 2.24. The molecular weight excluding hydrogens is 237 g/mol. The highest BCUT2D eigenvalue weighted by atomic mass is 19.1. The van der Waals surface area contributed by atoms with Crippen LogP contribution >= 0.6 is 0 Å². The molecular formula is C11H12FN5O. The molecule has 0 aliphatic rings. The molecule has 0 radical (unpaired) electrons. The number of halogens is 1. The zero-order valence-corrected chi connectivity index (χ0v) is 9.64. The molecule has 0 bridgehead atoms. The van der Waals surface area contributed by atoms with Crippen LogP contribution in [0.2, 0.25) is 0 Å². The Bertz CT molecular complexity index is 607. The van der Waals surface area contributed by atoms with E-state index in [4.69, 9.17) is 11.5 Å². The molecule has 0 saturated carbocycles. The Morgan fingerprint density at radius 2 is 2.22 bits per heavy atom. The summed E-state index contributed by atoms with van der Waals surface area (Å²) < 4.78 is 15.2. The Hall–Kier alpha value is -2.57. The normalized spacial score (nSPS) is 10.3. The van der Waals surface area contributed by atoms with Gasteiger partial charge in [-0.05, 0) is 12.1 Å². The summed E-state index contributed by atoms with van der Waals surface area (Å²) in [6.07, 6.45) is 1.70. The van der Waals surface area contributed by atoms with Crippen molar-refractivity contribution in [3.05, 3.63) is 35.8 Å². The fraction of sp³-hybridized carbons (Fsp3) is 0.0909. The van der Waals surface area contributed by atoms with Crippen molar-refractivity contribution >= 4 is 23.1 Å². The van der Waals surface area contributed by atoms with Gasteiger partial charge in [0.1, 0.15) is 5.82 Å². The summed E-state index contributed by atoms with van der Waals surface area (Å²) in [7, 11) is 1.74. The van der Waals surface area contributed by atoms with Gasteiger partial charge in [-0.25, -0.2) is 4.39 Å². The van der Waals surface area contributed by atoms with E-state index in [1.165, 1.54) is 6.07 Å².